The number of aromatic nitrogens is 7. The van der Waals surface area contributed by atoms with Gasteiger partial charge in [0.2, 0.25) is 10.0 Å². The summed E-state index contributed by atoms with van der Waals surface area (Å²) in [5, 5.41) is 12.7. The Hall–Kier alpha value is -4.42. The average Bonchev–Trinajstić information content (AvgIpc) is 3.58. The second kappa shape index (κ2) is 8.61. The number of rotatable bonds is 6. The fourth-order valence-corrected chi connectivity index (χ4v) is 4.75. The summed E-state index contributed by atoms with van der Waals surface area (Å²) in [7, 11) is -1.55. The quantitative estimate of drug-likeness (QED) is 0.309. The van der Waals surface area contributed by atoms with Gasteiger partial charge in [0.15, 0.2) is 11.5 Å². The van der Waals surface area contributed by atoms with E-state index in [1.54, 1.807) is 29.2 Å². The predicted octanol–water partition coefficient (Wildman–Crippen LogP) is 3.76. The fourth-order valence-electron chi connectivity index (χ4n) is 4.32. The molecule has 10 nitrogen and oxygen atoms in total. The zero-order valence-electron chi connectivity index (χ0n) is 19.8. The lowest BCUT2D eigenvalue weighted by Gasteiger charge is -2.07. The number of hydrogen-bond acceptors (Lipinski definition) is 6. The highest BCUT2D eigenvalue weighted by atomic mass is 32.2. The Morgan fingerprint density at radius 3 is 2.73 bits per heavy atom. The van der Waals surface area contributed by atoms with Gasteiger partial charge in [0.05, 0.1) is 18.0 Å². The molecule has 0 fully saturated rings. The molecule has 4 heterocycles. The molecule has 6 rings (SSSR count). The number of nitrogens with one attached hydrogen (secondary N) is 3. The number of benzene rings is 2. The minimum Gasteiger partial charge on any atom is -0.321 e. The van der Waals surface area contributed by atoms with E-state index in [0.29, 0.717) is 39.4 Å². The predicted molar refractivity (Wildman–Crippen MR) is 138 cm³/mol. The van der Waals surface area contributed by atoms with E-state index in [1.807, 2.05) is 31.4 Å². The van der Waals surface area contributed by atoms with Gasteiger partial charge in [-0.05, 0) is 53.1 Å². The second-order valence-electron chi connectivity index (χ2n) is 8.82. The summed E-state index contributed by atoms with van der Waals surface area (Å²) in [6.45, 7) is -0.0256. The summed E-state index contributed by atoms with van der Waals surface area (Å²) in [5.41, 5.74) is 6.22. The number of imidazole rings is 1. The van der Waals surface area contributed by atoms with Crippen molar-refractivity contribution in [2.45, 2.75) is 6.54 Å². The van der Waals surface area contributed by atoms with Crippen LogP contribution in [0.1, 0.15) is 5.56 Å². The van der Waals surface area contributed by atoms with Gasteiger partial charge in [0.1, 0.15) is 17.0 Å². The van der Waals surface area contributed by atoms with E-state index >= 15 is 0 Å². The van der Waals surface area contributed by atoms with Crippen molar-refractivity contribution in [3.8, 4) is 33.8 Å². The highest BCUT2D eigenvalue weighted by Crippen LogP contribution is 2.33. The van der Waals surface area contributed by atoms with Crippen LogP contribution in [0, 0.1) is 5.82 Å². The molecule has 0 atom stereocenters. The summed E-state index contributed by atoms with van der Waals surface area (Å²) < 4.78 is 41.6. The Morgan fingerprint density at radius 1 is 1.08 bits per heavy atom. The van der Waals surface area contributed by atoms with Crippen molar-refractivity contribution in [1.29, 1.82) is 0 Å². The van der Waals surface area contributed by atoms with Crippen LogP contribution in [0.2, 0.25) is 0 Å². The zero-order chi connectivity index (χ0) is 25.7. The van der Waals surface area contributed by atoms with Gasteiger partial charge in [-0.15, -0.1) is 0 Å². The molecule has 0 aliphatic carbocycles. The molecular formula is C25H21FN8O2S. The summed E-state index contributed by atoms with van der Waals surface area (Å²) >= 11 is 0. The third-order valence-corrected chi connectivity index (χ3v) is 6.69. The number of aryl methyl sites for hydroxylation is 1. The number of H-pyrrole nitrogens is 2. The number of pyridine rings is 1. The summed E-state index contributed by atoms with van der Waals surface area (Å²) in [6.07, 6.45) is 6.42. The van der Waals surface area contributed by atoms with Crippen LogP contribution in [-0.2, 0) is 23.6 Å². The van der Waals surface area contributed by atoms with Crippen LogP contribution in [0.25, 0.3) is 55.8 Å². The van der Waals surface area contributed by atoms with Gasteiger partial charge >= 0.3 is 0 Å². The molecule has 0 spiro atoms. The van der Waals surface area contributed by atoms with Crippen molar-refractivity contribution < 1.29 is 12.8 Å². The first kappa shape index (κ1) is 23.0. The number of sulfonamides is 1. The van der Waals surface area contributed by atoms with Crippen molar-refractivity contribution in [3.63, 3.8) is 0 Å². The molecule has 0 radical (unpaired) electrons. The van der Waals surface area contributed by atoms with Crippen LogP contribution >= 0.6 is 0 Å². The maximum absolute atomic E-state index is 14.5. The number of fused-ring (bicyclic) bond motifs is 2. The fraction of sp³-hybridized carbons (Fsp3) is 0.120. The van der Waals surface area contributed by atoms with Crippen molar-refractivity contribution in [2.75, 3.05) is 6.26 Å². The van der Waals surface area contributed by atoms with Gasteiger partial charge in [0.25, 0.3) is 0 Å². The number of aromatic amines is 2. The summed E-state index contributed by atoms with van der Waals surface area (Å²) in [5.74, 6) is 0.0321. The first-order chi connectivity index (χ1) is 17.7. The van der Waals surface area contributed by atoms with E-state index in [1.165, 1.54) is 12.1 Å². The van der Waals surface area contributed by atoms with Gasteiger partial charge in [-0.25, -0.2) is 27.5 Å². The van der Waals surface area contributed by atoms with Crippen LogP contribution in [0.3, 0.4) is 0 Å². The largest absolute Gasteiger partial charge is 0.321 e. The van der Waals surface area contributed by atoms with E-state index in [2.05, 4.69) is 30.0 Å². The third-order valence-electron chi connectivity index (χ3n) is 6.02. The Morgan fingerprint density at radius 2 is 1.95 bits per heavy atom. The monoisotopic (exact) mass is 516 g/mol. The lowest BCUT2D eigenvalue weighted by atomic mass is 10.0. The van der Waals surface area contributed by atoms with Crippen LogP contribution < -0.4 is 4.72 Å². The number of halogens is 1. The SMILES string of the molecule is Cn1cc(-c2ccc3[nH]nc(-c4nc5c(-c6cc(F)cc(CNS(C)(=O)=O)c6)ccnc5[nH]4)c3c2)cn1. The minimum atomic E-state index is -3.42. The van der Waals surface area contributed by atoms with E-state index in [4.69, 9.17) is 4.98 Å². The van der Waals surface area contributed by atoms with Crippen molar-refractivity contribution in [1.82, 2.24) is 39.7 Å². The highest BCUT2D eigenvalue weighted by molar-refractivity contribution is 7.88. The first-order valence-electron chi connectivity index (χ1n) is 11.3. The maximum atomic E-state index is 14.5. The van der Waals surface area contributed by atoms with Crippen LogP contribution in [0.4, 0.5) is 4.39 Å². The molecule has 6 aromatic rings. The molecule has 186 valence electrons. The Labute approximate surface area is 210 Å². The minimum absolute atomic E-state index is 0.0256. The molecule has 2 aromatic carbocycles. The number of hydrogen-bond donors (Lipinski definition) is 3. The molecule has 12 heteroatoms. The molecule has 0 saturated heterocycles. The molecule has 0 aliphatic heterocycles. The van der Waals surface area contributed by atoms with Gasteiger partial charge in [0, 0.05) is 42.5 Å². The molecule has 0 unspecified atom stereocenters. The molecule has 4 aromatic heterocycles. The molecule has 37 heavy (non-hydrogen) atoms. The first-order valence-corrected chi connectivity index (χ1v) is 13.2. The van der Waals surface area contributed by atoms with Gasteiger partial charge in [-0.3, -0.25) is 9.78 Å². The smallest absolute Gasteiger partial charge is 0.209 e. The van der Waals surface area contributed by atoms with E-state index < -0.39 is 15.8 Å². The van der Waals surface area contributed by atoms with Crippen LogP contribution in [0.15, 0.2) is 61.1 Å². The van der Waals surface area contributed by atoms with Crippen LogP contribution in [-0.4, -0.2) is 49.6 Å². The number of nitrogens with zero attached hydrogens (tertiary/aromatic N) is 5. The molecule has 3 N–H and O–H groups in total. The summed E-state index contributed by atoms with van der Waals surface area (Å²) in [6, 6.07) is 12.1. The van der Waals surface area contributed by atoms with E-state index in [0.717, 1.165) is 28.3 Å². The van der Waals surface area contributed by atoms with Crippen molar-refractivity contribution in [3.05, 3.63) is 72.4 Å². The second-order valence-corrected chi connectivity index (χ2v) is 10.7. The molecule has 0 bridgehead atoms. The molecule has 0 saturated carbocycles. The zero-order valence-corrected chi connectivity index (χ0v) is 20.6. The Balaban J connectivity index is 1.43. The van der Waals surface area contributed by atoms with Crippen molar-refractivity contribution in [2.24, 2.45) is 7.05 Å². The standard InChI is InChI=1S/C25H21FN8O2S/c1-34-13-17(12-28-34)15-3-4-21-20(10-15)23(33-32-21)25-30-22-19(5-6-27-24(22)31-25)16-7-14(8-18(26)9-16)11-29-37(2,35)36/h3-10,12-13,29H,11H2,1-2H3,(H,32,33)(H,27,30,31). The van der Waals surface area contributed by atoms with Gasteiger partial charge in [-0.2, -0.15) is 10.2 Å². The molecule has 0 amide bonds. The third kappa shape index (κ3) is 4.47. The molecule has 0 aliphatic rings. The van der Waals surface area contributed by atoms with E-state index in [9.17, 15) is 12.8 Å². The lowest BCUT2D eigenvalue weighted by molar-refractivity contribution is 0.586. The topological polar surface area (TPSA) is 134 Å². The Kier molecular flexibility index (Phi) is 5.35. The highest BCUT2D eigenvalue weighted by Gasteiger charge is 2.17. The Bertz CT molecular complexity index is 1900. The van der Waals surface area contributed by atoms with Gasteiger partial charge < -0.3 is 4.98 Å². The summed E-state index contributed by atoms with van der Waals surface area (Å²) in [4.78, 5) is 12.4. The van der Waals surface area contributed by atoms with Gasteiger partial charge in [-0.1, -0.05) is 6.07 Å². The normalized spacial score (nSPS) is 12.1. The average molecular weight is 517 g/mol. The van der Waals surface area contributed by atoms with E-state index in [-0.39, 0.29) is 6.54 Å². The van der Waals surface area contributed by atoms with Crippen LogP contribution in [0.5, 0.6) is 0 Å². The van der Waals surface area contributed by atoms with Crippen molar-refractivity contribution >= 4 is 32.1 Å². The lowest BCUT2D eigenvalue weighted by Crippen LogP contribution is -2.21. The molecular weight excluding hydrogens is 495 g/mol. The maximum Gasteiger partial charge on any atom is 0.209 e.